The van der Waals surface area contributed by atoms with Gasteiger partial charge in [-0.2, -0.15) is 5.10 Å². The van der Waals surface area contributed by atoms with Crippen LogP contribution in [0.5, 0.6) is 0 Å². The highest BCUT2D eigenvalue weighted by Crippen LogP contribution is 2.24. The highest BCUT2D eigenvalue weighted by Gasteiger charge is 2.28. The minimum atomic E-state index is 0.0726. The maximum Gasteiger partial charge on any atom is 0.228 e. The van der Waals surface area contributed by atoms with Crippen molar-refractivity contribution >= 4 is 11.6 Å². The molecule has 0 radical (unpaired) electrons. The van der Waals surface area contributed by atoms with Crippen molar-refractivity contribution in [2.45, 2.75) is 33.6 Å². The second-order valence-corrected chi connectivity index (χ2v) is 8.17. The summed E-state index contributed by atoms with van der Waals surface area (Å²) >= 11 is 0. The molecule has 134 valence electrons. The lowest BCUT2D eigenvalue weighted by Crippen LogP contribution is -2.43. The normalized spacial score (nSPS) is 18.9. The molecular formula is C20H28N4O. The van der Waals surface area contributed by atoms with Crippen LogP contribution >= 0.6 is 0 Å². The van der Waals surface area contributed by atoms with E-state index in [1.165, 1.54) is 0 Å². The molecule has 1 aliphatic heterocycles. The highest BCUT2D eigenvalue weighted by atomic mass is 16.1. The molecule has 5 heteroatoms. The summed E-state index contributed by atoms with van der Waals surface area (Å²) in [4.78, 5) is 15.1. The zero-order valence-electron chi connectivity index (χ0n) is 15.4. The Hall–Kier alpha value is -2.14. The summed E-state index contributed by atoms with van der Waals surface area (Å²) in [5, 5.41) is 9.99. The molecule has 5 nitrogen and oxygen atoms in total. The average molecular weight is 340 g/mol. The largest absolute Gasteiger partial charge is 0.326 e. The molecule has 0 aliphatic carbocycles. The van der Waals surface area contributed by atoms with Crippen molar-refractivity contribution in [2.24, 2.45) is 11.3 Å². The van der Waals surface area contributed by atoms with Crippen molar-refractivity contribution in [3.63, 3.8) is 0 Å². The number of piperidine rings is 1. The van der Waals surface area contributed by atoms with Gasteiger partial charge in [0.15, 0.2) is 0 Å². The van der Waals surface area contributed by atoms with Gasteiger partial charge in [0.2, 0.25) is 5.91 Å². The lowest BCUT2D eigenvalue weighted by Gasteiger charge is -2.36. The molecule has 1 saturated heterocycles. The maximum absolute atomic E-state index is 12.6. The number of anilines is 1. The number of carbonyl (C=O) groups excluding carboxylic acids is 1. The molecular weight excluding hydrogens is 312 g/mol. The van der Waals surface area contributed by atoms with Gasteiger partial charge >= 0.3 is 0 Å². The fourth-order valence-electron chi connectivity index (χ4n) is 3.48. The van der Waals surface area contributed by atoms with Crippen LogP contribution in [0.25, 0.3) is 11.3 Å². The lowest BCUT2D eigenvalue weighted by molar-refractivity contribution is -0.121. The number of nitrogens with one attached hydrogen (secondary N) is 2. The smallest absolute Gasteiger partial charge is 0.228 e. The first-order valence-corrected chi connectivity index (χ1v) is 9.04. The van der Waals surface area contributed by atoms with Crippen LogP contribution in [-0.4, -0.2) is 40.6 Å². The van der Waals surface area contributed by atoms with E-state index in [1.54, 1.807) is 6.20 Å². The molecule has 1 aromatic carbocycles. The summed E-state index contributed by atoms with van der Waals surface area (Å²) in [5.74, 6) is 0.205. The van der Waals surface area contributed by atoms with Crippen molar-refractivity contribution in [3.05, 3.63) is 36.5 Å². The molecule has 1 fully saturated rings. The Kier molecular flexibility index (Phi) is 5.23. The van der Waals surface area contributed by atoms with Crippen molar-refractivity contribution in [2.75, 3.05) is 25.0 Å². The number of benzene rings is 1. The fourth-order valence-corrected chi connectivity index (χ4v) is 3.48. The van der Waals surface area contributed by atoms with Gasteiger partial charge in [0, 0.05) is 25.0 Å². The quantitative estimate of drug-likeness (QED) is 0.890. The zero-order valence-corrected chi connectivity index (χ0v) is 15.4. The molecule has 2 heterocycles. The first kappa shape index (κ1) is 17.7. The third-order valence-electron chi connectivity index (χ3n) is 4.54. The molecule has 2 aromatic rings. The summed E-state index contributed by atoms with van der Waals surface area (Å²) in [7, 11) is 0. The van der Waals surface area contributed by atoms with Crippen molar-refractivity contribution in [1.82, 2.24) is 15.1 Å². The van der Waals surface area contributed by atoms with E-state index in [1.807, 2.05) is 30.3 Å². The van der Waals surface area contributed by atoms with Crippen molar-refractivity contribution in [3.8, 4) is 11.3 Å². The van der Waals surface area contributed by atoms with Gasteiger partial charge in [0.05, 0.1) is 11.6 Å². The Labute approximate surface area is 149 Å². The number of carbonyl (C=O) groups is 1. The number of likely N-dealkylation sites (tertiary alicyclic amines) is 1. The monoisotopic (exact) mass is 340 g/mol. The summed E-state index contributed by atoms with van der Waals surface area (Å²) in [6.45, 7) is 9.73. The number of aromatic nitrogens is 2. The summed E-state index contributed by atoms with van der Waals surface area (Å²) in [6.07, 6.45) is 3.79. The van der Waals surface area contributed by atoms with Gasteiger partial charge in [0.25, 0.3) is 0 Å². The summed E-state index contributed by atoms with van der Waals surface area (Å²) < 4.78 is 0. The molecule has 0 bridgehead atoms. The zero-order chi connectivity index (χ0) is 17.9. The van der Waals surface area contributed by atoms with Crippen LogP contribution in [0.4, 0.5) is 5.69 Å². The van der Waals surface area contributed by atoms with Crippen molar-refractivity contribution in [1.29, 1.82) is 0 Å². The van der Waals surface area contributed by atoms with E-state index in [9.17, 15) is 4.79 Å². The third kappa shape index (κ3) is 4.92. The molecule has 2 N–H and O–H groups in total. The second kappa shape index (κ2) is 7.40. The van der Waals surface area contributed by atoms with E-state index >= 15 is 0 Å². The van der Waals surface area contributed by atoms with Gasteiger partial charge < -0.3 is 10.2 Å². The Morgan fingerprint density at radius 1 is 1.28 bits per heavy atom. The molecule has 3 rings (SSSR count). The minimum Gasteiger partial charge on any atom is -0.326 e. The topological polar surface area (TPSA) is 61.0 Å². The highest BCUT2D eigenvalue weighted by molar-refractivity contribution is 5.93. The van der Waals surface area contributed by atoms with E-state index in [0.717, 1.165) is 49.4 Å². The number of nitrogens with zero attached hydrogens (tertiary/aromatic N) is 2. The van der Waals surface area contributed by atoms with Gasteiger partial charge in [-0.05, 0) is 48.6 Å². The summed E-state index contributed by atoms with van der Waals surface area (Å²) in [6, 6.07) is 9.82. The Balaban J connectivity index is 1.58. The molecule has 1 aromatic heterocycles. The first-order valence-electron chi connectivity index (χ1n) is 9.04. The number of hydrogen-bond donors (Lipinski definition) is 2. The molecule has 0 saturated carbocycles. The lowest BCUT2D eigenvalue weighted by atomic mass is 9.92. The Bertz CT molecular complexity index is 685. The van der Waals surface area contributed by atoms with E-state index in [0.29, 0.717) is 0 Å². The van der Waals surface area contributed by atoms with Gasteiger partial charge in [-0.15, -0.1) is 0 Å². The van der Waals surface area contributed by atoms with Crippen LogP contribution in [0.2, 0.25) is 0 Å². The summed E-state index contributed by atoms with van der Waals surface area (Å²) in [5.41, 5.74) is 3.15. The first-order chi connectivity index (χ1) is 11.9. The molecule has 0 spiro atoms. The number of rotatable bonds is 4. The Morgan fingerprint density at radius 3 is 2.68 bits per heavy atom. The van der Waals surface area contributed by atoms with Crippen LogP contribution in [0, 0.1) is 11.3 Å². The molecule has 1 unspecified atom stereocenters. The van der Waals surface area contributed by atoms with E-state index in [-0.39, 0.29) is 17.2 Å². The molecule has 1 atom stereocenters. The third-order valence-corrected chi connectivity index (χ3v) is 4.54. The molecule has 25 heavy (non-hydrogen) atoms. The van der Waals surface area contributed by atoms with Gasteiger partial charge in [-0.1, -0.05) is 32.9 Å². The minimum absolute atomic E-state index is 0.0726. The van der Waals surface area contributed by atoms with Crippen molar-refractivity contribution < 1.29 is 4.79 Å². The number of H-pyrrole nitrogens is 1. The van der Waals surface area contributed by atoms with Crippen LogP contribution in [0.3, 0.4) is 0 Å². The average Bonchev–Trinajstić information content (AvgIpc) is 3.08. The number of amides is 1. The Morgan fingerprint density at radius 2 is 2.04 bits per heavy atom. The van der Waals surface area contributed by atoms with Crippen LogP contribution in [0.15, 0.2) is 36.5 Å². The van der Waals surface area contributed by atoms with Gasteiger partial charge in [0.1, 0.15) is 0 Å². The van der Waals surface area contributed by atoms with E-state index in [4.69, 9.17) is 0 Å². The van der Waals surface area contributed by atoms with Crippen LogP contribution in [-0.2, 0) is 4.79 Å². The number of aromatic amines is 1. The van der Waals surface area contributed by atoms with Crippen LogP contribution < -0.4 is 5.32 Å². The van der Waals surface area contributed by atoms with Crippen LogP contribution in [0.1, 0.15) is 33.6 Å². The van der Waals surface area contributed by atoms with E-state index in [2.05, 4.69) is 41.2 Å². The predicted octanol–water partition coefficient (Wildman–Crippen LogP) is 3.77. The predicted molar refractivity (Wildman–Crippen MR) is 101 cm³/mol. The molecule has 1 amide bonds. The van der Waals surface area contributed by atoms with E-state index < -0.39 is 0 Å². The maximum atomic E-state index is 12.6. The second-order valence-electron chi connectivity index (χ2n) is 8.17. The SMILES string of the molecule is CC(C)(C)CN1CCCC(C(=O)Nc2ccc(-c3ccn[nH]3)cc2)C1. The van der Waals surface area contributed by atoms with Gasteiger partial charge in [-0.25, -0.2) is 0 Å². The van der Waals surface area contributed by atoms with Gasteiger partial charge in [-0.3, -0.25) is 9.89 Å². The fraction of sp³-hybridized carbons (Fsp3) is 0.500. The molecule has 1 aliphatic rings. The standard InChI is InChI=1S/C20H28N4O/c1-20(2,3)14-24-12-4-5-16(13-24)19(25)22-17-8-6-15(7-9-17)18-10-11-21-23-18/h6-11,16H,4-5,12-14H2,1-3H3,(H,21,23)(H,22,25). The number of hydrogen-bond acceptors (Lipinski definition) is 3.